The zero-order valence-corrected chi connectivity index (χ0v) is 15.2. The molecule has 0 fully saturated rings. The van der Waals surface area contributed by atoms with Gasteiger partial charge in [-0.25, -0.2) is 9.18 Å². The van der Waals surface area contributed by atoms with E-state index >= 15 is 0 Å². The fraction of sp³-hybridized carbons (Fsp3) is 0. The van der Waals surface area contributed by atoms with Crippen LogP contribution in [0, 0.1) is 5.82 Å². The van der Waals surface area contributed by atoms with Crippen molar-refractivity contribution in [3.8, 4) is 11.1 Å². The van der Waals surface area contributed by atoms with Crippen LogP contribution in [0.1, 0.15) is 20.7 Å². The molecule has 4 nitrogen and oxygen atoms in total. The number of halogens is 3. The van der Waals surface area contributed by atoms with Crippen LogP contribution in [-0.2, 0) is 0 Å². The number of carbonyl (C=O) groups is 2. The number of aromatic carboxylic acids is 1. The molecule has 0 unspecified atom stereocenters. The molecular formula is C20H12Cl2FNO3. The van der Waals surface area contributed by atoms with Crippen molar-refractivity contribution in [2.45, 2.75) is 0 Å². The molecule has 0 aliphatic carbocycles. The van der Waals surface area contributed by atoms with E-state index in [9.17, 15) is 19.1 Å². The summed E-state index contributed by atoms with van der Waals surface area (Å²) in [6.45, 7) is 0. The van der Waals surface area contributed by atoms with Crippen LogP contribution in [0.2, 0.25) is 10.0 Å². The predicted octanol–water partition coefficient (Wildman–Crippen LogP) is 5.75. The third-order valence-electron chi connectivity index (χ3n) is 3.83. The first kappa shape index (κ1) is 18.9. The van der Waals surface area contributed by atoms with E-state index in [0.29, 0.717) is 21.2 Å². The minimum absolute atomic E-state index is 0.0697. The van der Waals surface area contributed by atoms with E-state index in [1.807, 2.05) is 0 Å². The maximum absolute atomic E-state index is 13.3. The molecule has 0 saturated carbocycles. The molecule has 1 amide bonds. The molecule has 3 rings (SSSR count). The molecular weight excluding hydrogens is 392 g/mol. The van der Waals surface area contributed by atoms with Crippen molar-refractivity contribution in [1.82, 2.24) is 0 Å². The van der Waals surface area contributed by atoms with Crippen LogP contribution < -0.4 is 5.32 Å². The van der Waals surface area contributed by atoms with Gasteiger partial charge < -0.3 is 10.4 Å². The highest BCUT2D eigenvalue weighted by molar-refractivity contribution is 6.36. The average Bonchev–Trinajstić information content (AvgIpc) is 2.61. The van der Waals surface area contributed by atoms with Gasteiger partial charge in [0, 0.05) is 21.2 Å². The van der Waals surface area contributed by atoms with Gasteiger partial charge in [0.2, 0.25) is 0 Å². The Bertz CT molecular complexity index is 1050. The lowest BCUT2D eigenvalue weighted by Crippen LogP contribution is -2.15. The fourth-order valence-electron chi connectivity index (χ4n) is 2.55. The second-order valence-electron chi connectivity index (χ2n) is 5.65. The van der Waals surface area contributed by atoms with Gasteiger partial charge in [-0.3, -0.25) is 4.79 Å². The summed E-state index contributed by atoms with van der Waals surface area (Å²) in [5.41, 5.74) is 1.26. The van der Waals surface area contributed by atoms with E-state index in [1.165, 1.54) is 30.3 Å². The number of rotatable bonds is 4. The summed E-state index contributed by atoms with van der Waals surface area (Å²) in [5, 5.41) is 12.8. The van der Waals surface area contributed by atoms with Crippen LogP contribution >= 0.6 is 23.2 Å². The van der Waals surface area contributed by atoms with Gasteiger partial charge in [-0.2, -0.15) is 0 Å². The van der Waals surface area contributed by atoms with E-state index < -0.39 is 17.7 Å². The number of carbonyl (C=O) groups excluding carboxylic acids is 1. The molecule has 0 aliphatic heterocycles. The highest BCUT2D eigenvalue weighted by Crippen LogP contribution is 2.33. The highest BCUT2D eigenvalue weighted by Gasteiger charge is 2.16. The van der Waals surface area contributed by atoms with Crippen molar-refractivity contribution in [3.05, 3.63) is 87.7 Å². The smallest absolute Gasteiger partial charge is 0.337 e. The minimum atomic E-state index is -1.21. The highest BCUT2D eigenvalue weighted by atomic mass is 35.5. The Labute approximate surface area is 164 Å². The van der Waals surface area contributed by atoms with Crippen molar-refractivity contribution in [2.24, 2.45) is 0 Å². The maximum atomic E-state index is 13.3. The van der Waals surface area contributed by atoms with Gasteiger partial charge in [-0.05, 0) is 48.0 Å². The van der Waals surface area contributed by atoms with Crippen LogP contribution in [0.25, 0.3) is 11.1 Å². The number of carboxylic acid groups (broad SMARTS) is 1. The van der Waals surface area contributed by atoms with Crippen molar-refractivity contribution in [1.29, 1.82) is 0 Å². The summed E-state index contributed by atoms with van der Waals surface area (Å²) in [6, 6.07) is 14.4. The molecule has 136 valence electrons. The van der Waals surface area contributed by atoms with Gasteiger partial charge in [0.1, 0.15) is 5.82 Å². The van der Waals surface area contributed by atoms with Gasteiger partial charge in [0.15, 0.2) is 0 Å². The van der Waals surface area contributed by atoms with Crippen LogP contribution in [-0.4, -0.2) is 17.0 Å². The summed E-state index contributed by atoms with van der Waals surface area (Å²) in [4.78, 5) is 23.9. The zero-order chi connectivity index (χ0) is 19.6. The number of anilines is 1. The second kappa shape index (κ2) is 7.78. The fourth-order valence-corrected chi connectivity index (χ4v) is 3.07. The van der Waals surface area contributed by atoms with E-state index in [-0.39, 0.29) is 16.8 Å². The van der Waals surface area contributed by atoms with Gasteiger partial charge in [0.05, 0.1) is 11.3 Å². The van der Waals surface area contributed by atoms with Gasteiger partial charge in [-0.1, -0.05) is 41.4 Å². The maximum Gasteiger partial charge on any atom is 0.337 e. The van der Waals surface area contributed by atoms with Crippen LogP contribution in [0.4, 0.5) is 10.1 Å². The molecule has 0 radical (unpaired) electrons. The Morgan fingerprint density at radius 3 is 2.41 bits per heavy atom. The standard InChI is InChI=1S/C20H12Cl2FNO3/c21-13-5-7-15(17(22)10-13)11-4-6-16(20(26)27)18(9-11)24-19(25)12-2-1-3-14(23)8-12/h1-10H,(H,24,25)(H,26,27). The Balaban J connectivity index is 2.02. The molecule has 0 heterocycles. The predicted molar refractivity (Wildman–Crippen MR) is 103 cm³/mol. The molecule has 0 aromatic heterocycles. The molecule has 2 N–H and O–H groups in total. The Kier molecular flexibility index (Phi) is 5.44. The van der Waals surface area contributed by atoms with Crippen LogP contribution in [0.15, 0.2) is 60.7 Å². The summed E-state index contributed by atoms with van der Waals surface area (Å²) >= 11 is 12.1. The third-order valence-corrected chi connectivity index (χ3v) is 4.37. The summed E-state index contributed by atoms with van der Waals surface area (Å²) < 4.78 is 13.3. The van der Waals surface area contributed by atoms with Crippen molar-refractivity contribution < 1.29 is 19.1 Å². The number of hydrogen-bond acceptors (Lipinski definition) is 2. The molecule has 7 heteroatoms. The summed E-state index contributed by atoms with van der Waals surface area (Å²) in [7, 11) is 0. The molecule has 3 aromatic carbocycles. The number of carboxylic acids is 1. The lowest BCUT2D eigenvalue weighted by molar-refractivity contribution is 0.0698. The number of nitrogens with one attached hydrogen (secondary N) is 1. The number of benzene rings is 3. The normalized spacial score (nSPS) is 10.5. The van der Waals surface area contributed by atoms with Crippen molar-refractivity contribution in [3.63, 3.8) is 0 Å². The molecule has 0 spiro atoms. The Hall–Kier alpha value is -2.89. The van der Waals surface area contributed by atoms with E-state index in [0.717, 1.165) is 6.07 Å². The topological polar surface area (TPSA) is 66.4 Å². The number of amides is 1. The van der Waals surface area contributed by atoms with Crippen LogP contribution in [0.5, 0.6) is 0 Å². The third kappa shape index (κ3) is 4.27. The van der Waals surface area contributed by atoms with Gasteiger partial charge >= 0.3 is 5.97 Å². The van der Waals surface area contributed by atoms with E-state index in [4.69, 9.17) is 23.2 Å². The SMILES string of the molecule is O=C(Nc1cc(-c2ccc(Cl)cc2Cl)ccc1C(=O)O)c1cccc(F)c1. The summed E-state index contributed by atoms with van der Waals surface area (Å²) in [5.74, 6) is -2.41. The first-order chi connectivity index (χ1) is 12.8. The largest absolute Gasteiger partial charge is 0.478 e. The lowest BCUT2D eigenvalue weighted by Gasteiger charge is -2.12. The van der Waals surface area contributed by atoms with Gasteiger partial charge in [0.25, 0.3) is 5.91 Å². The van der Waals surface area contributed by atoms with E-state index in [2.05, 4.69) is 5.32 Å². The van der Waals surface area contributed by atoms with Crippen molar-refractivity contribution in [2.75, 3.05) is 5.32 Å². The first-order valence-corrected chi connectivity index (χ1v) is 8.50. The molecule has 0 atom stereocenters. The average molecular weight is 404 g/mol. The molecule has 27 heavy (non-hydrogen) atoms. The quantitative estimate of drug-likeness (QED) is 0.582. The van der Waals surface area contributed by atoms with Crippen LogP contribution in [0.3, 0.4) is 0 Å². The first-order valence-electron chi connectivity index (χ1n) is 7.75. The molecule has 3 aromatic rings. The minimum Gasteiger partial charge on any atom is -0.478 e. The lowest BCUT2D eigenvalue weighted by atomic mass is 10.0. The Morgan fingerprint density at radius 1 is 0.963 bits per heavy atom. The zero-order valence-electron chi connectivity index (χ0n) is 13.7. The second-order valence-corrected chi connectivity index (χ2v) is 6.50. The Morgan fingerprint density at radius 2 is 1.74 bits per heavy atom. The molecule has 0 saturated heterocycles. The van der Waals surface area contributed by atoms with Gasteiger partial charge in [-0.15, -0.1) is 0 Å². The molecule has 0 aliphatic rings. The number of hydrogen-bond donors (Lipinski definition) is 2. The van der Waals surface area contributed by atoms with Crippen molar-refractivity contribution >= 4 is 40.8 Å². The van der Waals surface area contributed by atoms with E-state index in [1.54, 1.807) is 24.3 Å². The molecule has 0 bridgehead atoms. The summed E-state index contributed by atoms with van der Waals surface area (Å²) in [6.07, 6.45) is 0. The monoisotopic (exact) mass is 403 g/mol.